The van der Waals surface area contributed by atoms with Gasteiger partial charge in [0.05, 0.1) is 70.5 Å². The van der Waals surface area contributed by atoms with E-state index in [2.05, 4.69) is 155 Å². The second kappa shape index (κ2) is 15.0. The van der Waals surface area contributed by atoms with E-state index in [4.69, 9.17) is 13.6 Å². The predicted octanol–water partition coefficient (Wildman–Crippen LogP) is 9.73. The molecule has 12 heteroatoms. The molecule has 0 spiro atoms. The minimum Gasteiger partial charge on any atom is -0.422 e. The lowest BCUT2D eigenvalue weighted by Gasteiger charge is -2.59. The summed E-state index contributed by atoms with van der Waals surface area (Å²) in [5.41, 5.74) is 1.19. The van der Waals surface area contributed by atoms with Crippen LogP contribution in [-0.2, 0) is 25.0 Å². The van der Waals surface area contributed by atoms with Crippen molar-refractivity contribution in [2.24, 2.45) is 0 Å². The second-order valence-electron chi connectivity index (χ2n) is 19.4. The Balaban J connectivity index is 3.86. The Kier molecular flexibility index (Phi) is 14.5. The van der Waals surface area contributed by atoms with Crippen molar-refractivity contribution in [1.82, 2.24) is 0 Å². The third-order valence-corrected chi connectivity index (χ3v) is 145. The van der Waals surface area contributed by atoms with Crippen LogP contribution < -0.4 is 0 Å². The van der Waals surface area contributed by atoms with Crippen LogP contribution in [0.5, 0.6) is 0 Å². The quantitative estimate of drug-likeness (QED) is 0.111. The van der Waals surface area contributed by atoms with E-state index in [0.29, 0.717) is 13.0 Å². The summed E-state index contributed by atoms with van der Waals surface area (Å²) in [6.45, 7) is 44.8. The van der Waals surface area contributed by atoms with Gasteiger partial charge in [0.25, 0.3) is 0 Å². The minimum absolute atomic E-state index is 0.0860. The predicted molar refractivity (Wildman–Crippen MR) is 217 cm³/mol. The Morgan fingerprint density at radius 1 is 0.591 bits per heavy atom. The molecule has 1 rings (SSSR count). The molecule has 0 radical (unpaired) electrons. The molecular formula is C32H72O4Si8. The van der Waals surface area contributed by atoms with Gasteiger partial charge in [-0.3, -0.25) is 0 Å². The Morgan fingerprint density at radius 2 is 0.955 bits per heavy atom. The summed E-state index contributed by atoms with van der Waals surface area (Å²) < 4.78 is 22.5. The van der Waals surface area contributed by atoms with Crippen molar-refractivity contribution >= 4 is 65.6 Å². The maximum Gasteiger partial charge on any atom is 0.158 e. The molecule has 0 N–H and O–H groups in total. The molecule has 0 bridgehead atoms. The lowest BCUT2D eigenvalue weighted by Crippen LogP contribution is -2.85. The molecule has 0 aliphatic heterocycles. The van der Waals surface area contributed by atoms with Gasteiger partial charge in [-0.15, -0.1) is 0 Å². The third-order valence-electron chi connectivity index (χ3n) is 9.74. The number of hydrogen-bond donors (Lipinski definition) is 0. The van der Waals surface area contributed by atoms with Gasteiger partial charge in [0.1, 0.15) is 6.29 Å². The van der Waals surface area contributed by atoms with Crippen LogP contribution in [0.15, 0.2) is 30.3 Å². The summed E-state index contributed by atoms with van der Waals surface area (Å²) in [4.78, 5) is 12.4. The van der Waals surface area contributed by atoms with Crippen LogP contribution in [0.2, 0.25) is 118 Å². The molecule has 0 fully saturated rings. The zero-order valence-electron chi connectivity index (χ0n) is 32.5. The molecule has 4 nitrogen and oxygen atoms in total. The molecule has 0 aliphatic rings. The topological polar surface area (TPSA) is 44.8 Å². The summed E-state index contributed by atoms with van der Waals surface area (Å²) in [5.74, 6) is 0. The van der Waals surface area contributed by atoms with Gasteiger partial charge in [-0.25, -0.2) is 0 Å². The van der Waals surface area contributed by atoms with Crippen molar-refractivity contribution in [3.8, 4) is 0 Å². The lowest BCUT2D eigenvalue weighted by molar-refractivity contribution is -0.110. The Labute approximate surface area is 280 Å². The molecule has 0 saturated heterocycles. The number of rotatable bonds is 18. The fourth-order valence-corrected chi connectivity index (χ4v) is 198. The van der Waals surface area contributed by atoms with Gasteiger partial charge < -0.3 is 18.4 Å². The van der Waals surface area contributed by atoms with Crippen LogP contribution in [0.3, 0.4) is 0 Å². The Morgan fingerprint density at radius 3 is 1.30 bits per heavy atom. The molecule has 44 heavy (non-hydrogen) atoms. The standard InChI is InChI=1S/C32H72O4Si8/c1-29(34-28-30-23-21-20-22-24-30)32(36-44(40(11,12)13,41(14,15)16)42(17,18)19)27-31(25-26-33)35-43(37(2,3)4,38(5,6)7)39(8,9)10/h20-24,26,29,31-32H,25,27-28H2,1-19H3/t29-,31-,32-/m0/s1. The SMILES string of the molecule is C[C@H](OCc1ccccc1)[C@H](C[C@H](CC=O)O[Si]([Si](C)(C)C)([Si](C)(C)C)[Si](C)(C)C)O[Si]([Si](C)(C)C)([Si](C)(C)C)[Si](C)(C)C. The summed E-state index contributed by atoms with van der Waals surface area (Å²) in [7, 11) is -10.2. The summed E-state index contributed by atoms with van der Waals surface area (Å²) in [6.07, 6.45) is 2.02. The second-order valence-corrected chi connectivity index (χ2v) is 98.3. The van der Waals surface area contributed by atoms with Crippen molar-refractivity contribution in [1.29, 1.82) is 0 Å². The maximum absolute atomic E-state index is 12.4. The van der Waals surface area contributed by atoms with Crippen molar-refractivity contribution in [3.63, 3.8) is 0 Å². The van der Waals surface area contributed by atoms with Crippen molar-refractivity contribution in [3.05, 3.63) is 35.9 Å². The first-order valence-electron chi connectivity index (χ1n) is 16.9. The average Bonchev–Trinajstić information content (AvgIpc) is 2.79. The first kappa shape index (κ1) is 42.5. The van der Waals surface area contributed by atoms with E-state index in [1.165, 1.54) is 5.56 Å². The first-order chi connectivity index (χ1) is 19.5. The molecule has 0 amide bonds. The van der Waals surface area contributed by atoms with Gasteiger partial charge in [0.15, 0.2) is 13.7 Å². The molecule has 0 aliphatic carbocycles. The maximum atomic E-state index is 12.4. The monoisotopic (exact) mass is 744 g/mol. The van der Waals surface area contributed by atoms with Crippen molar-refractivity contribution in [2.75, 3.05) is 0 Å². The van der Waals surface area contributed by atoms with Crippen LogP contribution in [0.1, 0.15) is 25.3 Å². The normalized spacial score (nSPS) is 16.9. The molecule has 256 valence electrons. The molecule has 1 aromatic carbocycles. The van der Waals surface area contributed by atoms with Crippen LogP contribution in [0.4, 0.5) is 0 Å². The Bertz CT molecular complexity index is 970. The number of ether oxygens (including phenoxy) is 1. The van der Waals surface area contributed by atoms with Gasteiger partial charge in [-0.2, -0.15) is 0 Å². The number of carbonyl (C=O) groups excluding carboxylic acids is 1. The first-order valence-corrected chi connectivity index (χ1v) is 47.8. The minimum atomic E-state index is -2.16. The molecule has 3 atom stereocenters. The van der Waals surface area contributed by atoms with Crippen molar-refractivity contribution < 1.29 is 18.4 Å². The number of hydrogen-bond acceptors (Lipinski definition) is 4. The van der Waals surface area contributed by atoms with Crippen LogP contribution >= 0.6 is 0 Å². The molecule has 1 aromatic rings. The number of aldehydes is 1. The third kappa shape index (κ3) is 9.35. The van der Waals surface area contributed by atoms with Gasteiger partial charge in [-0.05, 0) is 12.5 Å². The highest BCUT2D eigenvalue weighted by Gasteiger charge is 2.66. The largest absolute Gasteiger partial charge is 0.422 e. The van der Waals surface area contributed by atoms with Gasteiger partial charge in [0, 0.05) is 12.8 Å². The average molecular weight is 746 g/mol. The highest BCUT2D eigenvalue weighted by molar-refractivity contribution is 7.88. The lowest BCUT2D eigenvalue weighted by atomic mass is 10.1. The summed E-state index contributed by atoms with van der Waals surface area (Å²) in [5, 5.41) is 0. The van der Waals surface area contributed by atoms with E-state index in [0.717, 1.165) is 12.7 Å². The zero-order chi connectivity index (χ0) is 34.8. The van der Waals surface area contributed by atoms with Crippen LogP contribution in [-0.4, -0.2) is 83.9 Å². The molecule has 0 unspecified atom stereocenters. The fraction of sp³-hybridized carbons (Fsp3) is 0.781. The highest BCUT2D eigenvalue weighted by atomic mass is 29.9. The van der Waals surface area contributed by atoms with E-state index < -0.39 is 59.3 Å². The van der Waals surface area contributed by atoms with E-state index in [9.17, 15) is 4.79 Å². The van der Waals surface area contributed by atoms with Crippen LogP contribution in [0, 0.1) is 0 Å². The number of benzene rings is 1. The molecular weight excluding hydrogens is 673 g/mol. The van der Waals surface area contributed by atoms with Gasteiger partial charge in [-0.1, -0.05) is 148 Å². The molecule has 0 heterocycles. The van der Waals surface area contributed by atoms with E-state index in [1.54, 1.807) is 0 Å². The summed E-state index contributed by atoms with van der Waals surface area (Å²) in [6, 6.07) is 10.5. The van der Waals surface area contributed by atoms with Crippen molar-refractivity contribution in [2.45, 2.75) is 163 Å². The summed E-state index contributed by atoms with van der Waals surface area (Å²) >= 11 is 0. The zero-order valence-corrected chi connectivity index (χ0v) is 40.5. The van der Waals surface area contributed by atoms with Crippen LogP contribution in [0.25, 0.3) is 0 Å². The molecule has 0 saturated carbocycles. The fourth-order valence-electron chi connectivity index (χ4n) is 10.1. The van der Waals surface area contributed by atoms with E-state index in [-0.39, 0.29) is 18.3 Å². The van der Waals surface area contributed by atoms with E-state index >= 15 is 0 Å². The van der Waals surface area contributed by atoms with Gasteiger partial charge in [0.2, 0.25) is 0 Å². The smallest absolute Gasteiger partial charge is 0.158 e. The molecule has 0 aromatic heterocycles. The highest BCUT2D eigenvalue weighted by Crippen LogP contribution is 2.42. The Hall–Kier alpha value is 0.505. The number of carbonyl (C=O) groups is 1. The van der Waals surface area contributed by atoms with E-state index in [1.807, 2.05) is 0 Å². The van der Waals surface area contributed by atoms with Gasteiger partial charge >= 0.3 is 0 Å².